The molecule has 0 radical (unpaired) electrons. The van der Waals surface area contributed by atoms with Crippen molar-refractivity contribution in [3.8, 4) is 5.75 Å². The molecule has 5 fully saturated rings. The van der Waals surface area contributed by atoms with E-state index >= 15 is 0 Å². The Morgan fingerprint density at radius 1 is 0.836 bits per heavy atom. The largest absolute Gasteiger partial charge is 0.494 e. The summed E-state index contributed by atoms with van der Waals surface area (Å²) in [5.74, 6) is -3.08. The summed E-state index contributed by atoms with van der Waals surface area (Å²) in [5.41, 5.74) is 11.0. The number of aromatic nitrogens is 2. The van der Waals surface area contributed by atoms with Crippen molar-refractivity contribution in [2.45, 2.75) is 140 Å². The highest BCUT2D eigenvalue weighted by Gasteiger charge is 2.41. The number of amides is 6. The molecule has 2 saturated heterocycles. The van der Waals surface area contributed by atoms with Crippen LogP contribution in [0.15, 0.2) is 67.1 Å². The van der Waals surface area contributed by atoms with E-state index < -0.39 is 23.6 Å². The summed E-state index contributed by atoms with van der Waals surface area (Å²) in [5, 5.41) is 14.1. The molecule has 5 aliphatic rings. The molecule has 1 aromatic carbocycles. The minimum absolute atomic E-state index is 0.0374. The quantitative estimate of drug-likeness (QED) is 0.105. The van der Waals surface area contributed by atoms with Crippen molar-refractivity contribution in [1.82, 2.24) is 25.5 Å². The Labute approximate surface area is 427 Å². The van der Waals surface area contributed by atoms with E-state index in [0.717, 1.165) is 57.4 Å². The van der Waals surface area contributed by atoms with Crippen molar-refractivity contribution in [2.75, 3.05) is 51.4 Å². The van der Waals surface area contributed by atoms with Gasteiger partial charge in [0.05, 0.1) is 31.8 Å². The molecule has 18 nitrogen and oxygen atoms in total. The van der Waals surface area contributed by atoms with E-state index in [1.807, 2.05) is 30.0 Å². The number of methoxy groups -OCH3 is 1. The molecule has 4 heterocycles. The number of nitrogens with zero attached hydrogens (tertiary/aromatic N) is 4. The number of hydrogen-bond donors (Lipinski definition) is 5. The molecular weight excluding hydrogens is 947 g/mol. The van der Waals surface area contributed by atoms with Crippen molar-refractivity contribution in [2.24, 2.45) is 23.3 Å². The number of hydrogen-bond acceptors (Lipinski definition) is 12. The van der Waals surface area contributed by atoms with Crippen LogP contribution in [0.5, 0.6) is 5.75 Å². The van der Waals surface area contributed by atoms with Gasteiger partial charge in [-0.1, -0.05) is 50.7 Å². The van der Waals surface area contributed by atoms with Gasteiger partial charge in [0.25, 0.3) is 11.8 Å². The molecule has 3 aliphatic carbocycles. The monoisotopic (exact) mass is 1020 g/mol. The number of ether oxygens (including phenoxy) is 3. The number of aliphatic hydroxyl groups is 1. The van der Waals surface area contributed by atoms with Crippen LogP contribution in [0, 0.1) is 23.5 Å². The lowest BCUT2D eigenvalue weighted by Crippen LogP contribution is -2.44. The predicted octanol–water partition coefficient (Wildman–Crippen LogP) is 5.54. The fourth-order valence-corrected chi connectivity index (χ4v) is 8.70. The number of benzene rings is 1. The highest BCUT2D eigenvalue weighted by molar-refractivity contribution is 5.98. The second kappa shape index (κ2) is 32.8. The number of carbonyl (C=O) groups excluding carboxylic acids is 6. The summed E-state index contributed by atoms with van der Waals surface area (Å²) in [4.78, 5) is 81.6. The smallest absolute Gasteiger partial charge is 0.267 e. The predicted molar refractivity (Wildman–Crippen MR) is 270 cm³/mol. The van der Waals surface area contributed by atoms with Gasteiger partial charge >= 0.3 is 0 Å². The van der Waals surface area contributed by atoms with Crippen molar-refractivity contribution >= 4 is 41.1 Å². The van der Waals surface area contributed by atoms with E-state index in [1.54, 1.807) is 23.4 Å². The third-order valence-corrected chi connectivity index (χ3v) is 12.8. The Morgan fingerprint density at radius 3 is 2.07 bits per heavy atom. The first-order valence-corrected chi connectivity index (χ1v) is 25.6. The standard InChI is InChI=1S/C21H30N4O4.C10H16N2O3.C10H19NO2.C7H6F2O.C5H5N/c1-14-7-8-18(29-14)21(28)25(16-9-10-23-17(13-16)19(22)26)12-11-24-20(27)15-5-3-2-4-6-15;13-4-3-11-10(15)7-5-9(14)12(6-7)8-1-2-8;11-10(12)7-4-8-13-9-5-2-1-3-6-9;1-10-6-4-2-3-5(8)7(6)9;1-2-4-6-5-3-1/h9-10,13-15,18H,2-8,11-12H2,1H3,(H2,22,26)(H,24,27);7-8,13H,1-6H2,(H,11,15);9H,1-8H2,(H2,11,12);2-4H,1H3;1-5H. The van der Waals surface area contributed by atoms with Gasteiger partial charge in [0, 0.05) is 81.9 Å². The van der Waals surface area contributed by atoms with Gasteiger partial charge in [-0.05, 0) is 101 Å². The Balaban J connectivity index is 0.000000220. The number of likely N-dealkylation sites (tertiary alicyclic amines) is 1. The van der Waals surface area contributed by atoms with Crippen LogP contribution in [-0.4, -0.2) is 126 Å². The SMILES string of the molecule is CC1CCC(C(=O)N(CCNC(=O)C2CCCCC2)c2ccnc(C(N)=O)c2)O1.COc1cccc(F)c1F.NC(=O)CCCOC1CCCCC1.O=C(NCCO)C1CC(=O)N(C2CC2)C1.c1ccncc1. The zero-order valence-corrected chi connectivity index (χ0v) is 42.4. The molecule has 3 saturated carbocycles. The number of nitrogens with two attached hydrogens (primary N) is 2. The van der Waals surface area contributed by atoms with Crippen LogP contribution >= 0.6 is 0 Å². The molecule has 7 N–H and O–H groups in total. The summed E-state index contributed by atoms with van der Waals surface area (Å²) >= 11 is 0. The van der Waals surface area contributed by atoms with Crippen LogP contribution < -0.4 is 31.7 Å². The van der Waals surface area contributed by atoms with Crippen LogP contribution in [0.25, 0.3) is 0 Å². The average Bonchev–Trinajstić information content (AvgIpc) is 4.04. The zero-order chi connectivity index (χ0) is 53.0. The van der Waals surface area contributed by atoms with Gasteiger partial charge < -0.3 is 51.2 Å². The third kappa shape index (κ3) is 21.9. The molecule has 2 aliphatic heterocycles. The van der Waals surface area contributed by atoms with Gasteiger partial charge in [-0.2, -0.15) is 4.39 Å². The number of anilines is 1. The van der Waals surface area contributed by atoms with Crippen molar-refractivity contribution in [1.29, 1.82) is 0 Å². The Kier molecular flexibility index (Phi) is 26.7. The molecule has 0 bridgehead atoms. The van der Waals surface area contributed by atoms with Gasteiger partial charge in [-0.3, -0.25) is 38.7 Å². The van der Waals surface area contributed by atoms with E-state index in [2.05, 4.69) is 25.3 Å². The second-order valence-corrected chi connectivity index (χ2v) is 18.6. The van der Waals surface area contributed by atoms with E-state index in [0.29, 0.717) is 56.8 Å². The van der Waals surface area contributed by atoms with Gasteiger partial charge in [0.1, 0.15) is 11.8 Å². The van der Waals surface area contributed by atoms with E-state index in [4.69, 9.17) is 26.0 Å². The maximum absolute atomic E-state index is 13.1. The first kappa shape index (κ1) is 59.4. The van der Waals surface area contributed by atoms with Crippen LogP contribution in [0.4, 0.5) is 14.5 Å². The van der Waals surface area contributed by atoms with Gasteiger partial charge in [-0.25, -0.2) is 4.39 Å². The van der Waals surface area contributed by atoms with Crippen LogP contribution in [0.1, 0.15) is 127 Å². The maximum atomic E-state index is 13.1. The number of halogens is 2. The third-order valence-electron chi connectivity index (χ3n) is 12.8. The van der Waals surface area contributed by atoms with Crippen molar-refractivity contribution in [3.63, 3.8) is 0 Å². The first-order valence-electron chi connectivity index (χ1n) is 25.6. The lowest BCUT2D eigenvalue weighted by molar-refractivity contribution is -0.129. The van der Waals surface area contributed by atoms with E-state index in [-0.39, 0.29) is 78.6 Å². The Hall–Kier alpha value is -6.12. The topological polar surface area (TPSA) is 259 Å². The Morgan fingerprint density at radius 2 is 1.51 bits per heavy atom. The lowest BCUT2D eigenvalue weighted by atomic mass is 9.89. The molecule has 0 spiro atoms. The molecule has 20 heteroatoms. The fraction of sp³-hybridized carbons (Fsp3) is 0.585. The summed E-state index contributed by atoms with van der Waals surface area (Å²) in [7, 11) is 1.29. The highest BCUT2D eigenvalue weighted by atomic mass is 19.2. The minimum Gasteiger partial charge on any atom is -0.494 e. The normalized spacial score (nSPS) is 19.4. The summed E-state index contributed by atoms with van der Waals surface area (Å²) < 4.78 is 40.7. The lowest BCUT2D eigenvalue weighted by Gasteiger charge is -2.27. The number of pyridine rings is 2. The average molecular weight is 1020 g/mol. The summed E-state index contributed by atoms with van der Waals surface area (Å²) in [6, 6.07) is 13.1. The molecule has 6 amide bonds. The van der Waals surface area contributed by atoms with Crippen LogP contribution in [-0.2, 0) is 33.4 Å². The minimum atomic E-state index is -0.940. The molecule has 3 atom stereocenters. The number of primary amides is 2. The zero-order valence-electron chi connectivity index (χ0n) is 42.4. The van der Waals surface area contributed by atoms with Gasteiger partial charge in [-0.15, -0.1) is 0 Å². The van der Waals surface area contributed by atoms with E-state index in [9.17, 15) is 37.5 Å². The highest BCUT2D eigenvalue weighted by Crippen LogP contribution is 2.33. The van der Waals surface area contributed by atoms with Gasteiger partial charge in [0.15, 0.2) is 11.6 Å². The molecule has 8 rings (SSSR count). The molecule has 73 heavy (non-hydrogen) atoms. The number of aliphatic hydroxyl groups excluding tert-OH is 1. The Bertz CT molecular complexity index is 2130. The maximum Gasteiger partial charge on any atom is 0.267 e. The number of rotatable bonds is 17. The molecule has 3 aromatic rings. The van der Waals surface area contributed by atoms with Crippen LogP contribution in [0.2, 0.25) is 0 Å². The molecule has 2 aromatic heterocycles. The fourth-order valence-electron chi connectivity index (χ4n) is 8.70. The van der Waals surface area contributed by atoms with Crippen LogP contribution in [0.3, 0.4) is 0 Å². The second-order valence-electron chi connectivity index (χ2n) is 18.6. The molecule has 3 unspecified atom stereocenters. The van der Waals surface area contributed by atoms with E-state index in [1.165, 1.54) is 70.0 Å². The van der Waals surface area contributed by atoms with Gasteiger partial charge in [0.2, 0.25) is 29.4 Å². The number of carbonyl (C=O) groups is 6. The first-order chi connectivity index (χ1) is 35.2. The summed E-state index contributed by atoms with van der Waals surface area (Å²) in [6.45, 7) is 4.02. The number of nitrogens with one attached hydrogen (secondary N) is 2. The summed E-state index contributed by atoms with van der Waals surface area (Å²) in [6.07, 6.45) is 21.6. The van der Waals surface area contributed by atoms with Crippen molar-refractivity contribution < 1.29 is 56.9 Å². The molecular formula is C53H76F2N8O10. The van der Waals surface area contributed by atoms with Crippen molar-refractivity contribution in [3.05, 3.63) is 84.4 Å². The molecule has 402 valence electrons.